The lowest BCUT2D eigenvalue weighted by atomic mass is 10.00. The van der Waals surface area contributed by atoms with Gasteiger partial charge in [-0.3, -0.25) is 9.59 Å². The number of hydrogen-bond acceptors (Lipinski definition) is 5. The molecule has 1 amide bonds. The number of nitrogens with zero attached hydrogens (tertiary/aromatic N) is 1. The van der Waals surface area contributed by atoms with Crippen LogP contribution in [0, 0.1) is 12.8 Å². The number of carbonyl (C=O) groups excluding carboxylic acids is 2. The number of rotatable bonds is 5. The quantitative estimate of drug-likeness (QED) is 0.545. The van der Waals surface area contributed by atoms with Crippen molar-refractivity contribution in [3.05, 3.63) is 64.7 Å². The first-order valence-corrected chi connectivity index (χ1v) is 10.6. The summed E-state index contributed by atoms with van der Waals surface area (Å²) in [5.41, 5.74) is 1.48. The van der Waals surface area contributed by atoms with Gasteiger partial charge in [-0.2, -0.15) is 0 Å². The van der Waals surface area contributed by atoms with Crippen molar-refractivity contribution in [2.75, 3.05) is 6.61 Å². The Morgan fingerprint density at radius 3 is 2.32 bits per heavy atom. The van der Waals surface area contributed by atoms with Crippen molar-refractivity contribution in [3.63, 3.8) is 0 Å². The summed E-state index contributed by atoms with van der Waals surface area (Å²) < 4.78 is 32.3. The molecule has 2 aromatic carbocycles. The van der Waals surface area contributed by atoms with E-state index >= 15 is 0 Å². The molecule has 2 aromatic rings. The Morgan fingerprint density at radius 2 is 1.75 bits per heavy atom. The molecular weight excluding hydrogens is 402 g/mol. The number of benzene rings is 2. The summed E-state index contributed by atoms with van der Waals surface area (Å²) in [5.74, 6) is -2.66. The zero-order valence-electron chi connectivity index (χ0n) is 15.5. The highest BCUT2D eigenvalue weighted by atomic mass is 35.5. The van der Waals surface area contributed by atoms with Crippen LogP contribution in [0.25, 0.3) is 0 Å². The fourth-order valence-corrected chi connectivity index (χ4v) is 4.97. The highest BCUT2D eigenvalue weighted by molar-refractivity contribution is 7.89. The molecule has 1 fully saturated rings. The largest absolute Gasteiger partial charge is 0.465 e. The van der Waals surface area contributed by atoms with Crippen molar-refractivity contribution >= 4 is 33.5 Å². The Bertz CT molecular complexity index is 986. The Hall–Kier alpha value is -2.38. The third kappa shape index (κ3) is 3.77. The van der Waals surface area contributed by atoms with E-state index in [2.05, 4.69) is 0 Å². The zero-order chi connectivity index (χ0) is 20.5. The summed E-state index contributed by atoms with van der Waals surface area (Å²) in [4.78, 5) is 25.2. The van der Waals surface area contributed by atoms with Gasteiger partial charge in [-0.25, -0.2) is 12.7 Å². The molecule has 0 spiro atoms. The van der Waals surface area contributed by atoms with E-state index in [4.69, 9.17) is 16.3 Å². The van der Waals surface area contributed by atoms with Gasteiger partial charge in [-0.1, -0.05) is 41.4 Å². The number of sulfonamides is 1. The van der Waals surface area contributed by atoms with Crippen molar-refractivity contribution < 1.29 is 22.7 Å². The van der Waals surface area contributed by atoms with Crippen LogP contribution in [0.1, 0.15) is 30.5 Å². The third-order valence-electron chi connectivity index (χ3n) is 4.66. The van der Waals surface area contributed by atoms with Gasteiger partial charge >= 0.3 is 5.97 Å². The first-order valence-electron chi connectivity index (χ1n) is 8.82. The van der Waals surface area contributed by atoms with Crippen LogP contribution in [0.4, 0.5) is 0 Å². The zero-order valence-corrected chi connectivity index (χ0v) is 17.0. The number of amides is 1. The SMILES string of the molecule is CCOC(=O)C1CC(c2ccc(Cl)cc2)N(S(=O)(=O)c2ccc(C)cc2)C1=O. The molecule has 0 saturated carbocycles. The fraction of sp³-hybridized carbons (Fsp3) is 0.300. The predicted octanol–water partition coefficient (Wildman–Crippen LogP) is 3.49. The topological polar surface area (TPSA) is 80.8 Å². The molecule has 28 heavy (non-hydrogen) atoms. The van der Waals surface area contributed by atoms with E-state index in [1.54, 1.807) is 43.3 Å². The predicted molar refractivity (Wildman–Crippen MR) is 104 cm³/mol. The van der Waals surface area contributed by atoms with E-state index in [0.29, 0.717) is 10.6 Å². The molecule has 6 nitrogen and oxygen atoms in total. The molecule has 0 N–H and O–H groups in total. The van der Waals surface area contributed by atoms with Crippen molar-refractivity contribution in [1.82, 2.24) is 4.31 Å². The van der Waals surface area contributed by atoms with Crippen LogP contribution in [0.15, 0.2) is 53.4 Å². The minimum absolute atomic E-state index is 0.00470. The minimum atomic E-state index is -4.15. The van der Waals surface area contributed by atoms with Crippen LogP contribution >= 0.6 is 11.6 Å². The molecule has 0 radical (unpaired) electrons. The maximum absolute atomic E-state index is 13.3. The summed E-state index contributed by atoms with van der Waals surface area (Å²) in [6.45, 7) is 3.58. The Morgan fingerprint density at radius 1 is 1.14 bits per heavy atom. The van der Waals surface area contributed by atoms with Gasteiger partial charge in [-0.05, 0) is 50.1 Å². The van der Waals surface area contributed by atoms with Gasteiger partial charge in [0.1, 0.15) is 5.92 Å². The lowest BCUT2D eigenvalue weighted by Gasteiger charge is -2.24. The van der Waals surface area contributed by atoms with Crippen LogP contribution < -0.4 is 0 Å². The van der Waals surface area contributed by atoms with Crippen molar-refractivity contribution in [2.24, 2.45) is 5.92 Å². The van der Waals surface area contributed by atoms with Gasteiger partial charge in [0.15, 0.2) is 0 Å². The summed E-state index contributed by atoms with van der Waals surface area (Å²) in [6.07, 6.45) is 0.0182. The first-order chi connectivity index (χ1) is 13.3. The fourth-order valence-electron chi connectivity index (χ4n) is 3.23. The van der Waals surface area contributed by atoms with E-state index in [9.17, 15) is 18.0 Å². The highest BCUT2D eigenvalue weighted by Gasteiger charge is 2.50. The molecular formula is C20H20ClNO5S. The van der Waals surface area contributed by atoms with Crippen LogP contribution in [0.2, 0.25) is 5.02 Å². The number of carbonyl (C=O) groups is 2. The van der Waals surface area contributed by atoms with Gasteiger partial charge < -0.3 is 4.74 Å². The van der Waals surface area contributed by atoms with Crippen LogP contribution in [-0.2, 0) is 24.3 Å². The minimum Gasteiger partial charge on any atom is -0.465 e. The maximum Gasteiger partial charge on any atom is 0.318 e. The molecule has 0 aromatic heterocycles. The molecule has 1 saturated heterocycles. The van der Waals surface area contributed by atoms with E-state index in [1.807, 2.05) is 6.92 Å². The third-order valence-corrected chi connectivity index (χ3v) is 6.73. The van der Waals surface area contributed by atoms with Crippen molar-refractivity contribution in [3.8, 4) is 0 Å². The summed E-state index contributed by atoms with van der Waals surface area (Å²) >= 11 is 5.93. The smallest absolute Gasteiger partial charge is 0.318 e. The molecule has 1 aliphatic heterocycles. The summed E-state index contributed by atoms with van der Waals surface area (Å²) in [7, 11) is -4.15. The standard InChI is InChI=1S/C20H20ClNO5S/c1-3-27-20(24)17-12-18(14-6-8-15(21)9-7-14)22(19(17)23)28(25,26)16-10-4-13(2)5-11-16/h4-11,17-18H,3,12H2,1-2H3. The molecule has 0 bridgehead atoms. The number of aryl methyl sites for hydroxylation is 1. The Balaban J connectivity index is 2.07. The van der Waals surface area contributed by atoms with Crippen LogP contribution in [0.5, 0.6) is 0 Å². The maximum atomic E-state index is 13.3. The second-order valence-electron chi connectivity index (χ2n) is 6.56. The lowest BCUT2D eigenvalue weighted by Crippen LogP contribution is -2.37. The number of esters is 1. The van der Waals surface area contributed by atoms with E-state index in [-0.39, 0.29) is 17.9 Å². The average Bonchev–Trinajstić information content (AvgIpc) is 3.01. The Labute approximate surface area is 169 Å². The molecule has 1 aliphatic rings. The highest BCUT2D eigenvalue weighted by Crippen LogP contribution is 2.41. The lowest BCUT2D eigenvalue weighted by molar-refractivity contribution is -0.151. The number of halogens is 1. The molecule has 2 atom stereocenters. The number of hydrogen-bond donors (Lipinski definition) is 0. The van der Waals surface area contributed by atoms with Crippen LogP contribution in [-0.4, -0.2) is 31.2 Å². The summed E-state index contributed by atoms with van der Waals surface area (Å²) in [5, 5.41) is 0.489. The monoisotopic (exact) mass is 421 g/mol. The molecule has 1 heterocycles. The van der Waals surface area contributed by atoms with Gasteiger partial charge in [-0.15, -0.1) is 0 Å². The van der Waals surface area contributed by atoms with E-state index in [0.717, 1.165) is 9.87 Å². The molecule has 2 unspecified atom stereocenters. The number of ether oxygens (including phenoxy) is 1. The van der Waals surface area contributed by atoms with Crippen molar-refractivity contribution in [2.45, 2.75) is 31.2 Å². The Kier molecular flexibility index (Phi) is 5.76. The van der Waals surface area contributed by atoms with Gasteiger partial charge in [0.25, 0.3) is 15.9 Å². The second kappa shape index (κ2) is 7.93. The van der Waals surface area contributed by atoms with Gasteiger partial charge in [0.05, 0.1) is 17.5 Å². The summed E-state index contributed by atoms with van der Waals surface area (Å²) in [6, 6.07) is 12.0. The first kappa shape index (κ1) is 20.4. The van der Waals surface area contributed by atoms with Gasteiger partial charge in [0.2, 0.25) is 0 Å². The molecule has 0 aliphatic carbocycles. The van der Waals surface area contributed by atoms with E-state index in [1.165, 1.54) is 12.1 Å². The van der Waals surface area contributed by atoms with E-state index < -0.39 is 33.9 Å². The second-order valence-corrected chi connectivity index (χ2v) is 8.81. The average molecular weight is 422 g/mol. The van der Waals surface area contributed by atoms with Crippen molar-refractivity contribution in [1.29, 1.82) is 0 Å². The van der Waals surface area contributed by atoms with Gasteiger partial charge in [0, 0.05) is 5.02 Å². The molecule has 3 rings (SSSR count). The van der Waals surface area contributed by atoms with Crippen LogP contribution in [0.3, 0.4) is 0 Å². The molecule has 148 valence electrons. The molecule has 8 heteroatoms. The normalized spacial score (nSPS) is 19.7.